The molecule has 6 heteroatoms. The van der Waals surface area contributed by atoms with Crippen LogP contribution in [0.3, 0.4) is 0 Å². The number of halogens is 1. The fourth-order valence-electron chi connectivity index (χ4n) is 2.73. The molecule has 0 atom stereocenters. The van der Waals surface area contributed by atoms with Crippen LogP contribution in [0.2, 0.25) is 0 Å². The SMILES string of the molecule is CCOc1c(F)cccc1-c1nc(C2(N)CCCC2)no1. The molecule has 1 aliphatic rings. The summed E-state index contributed by atoms with van der Waals surface area (Å²) in [6, 6.07) is 4.63. The van der Waals surface area contributed by atoms with Crippen LogP contribution in [-0.4, -0.2) is 16.7 Å². The molecule has 1 aromatic heterocycles. The van der Waals surface area contributed by atoms with Crippen molar-refractivity contribution in [2.24, 2.45) is 5.73 Å². The van der Waals surface area contributed by atoms with Crippen molar-refractivity contribution in [1.29, 1.82) is 0 Å². The molecule has 0 bridgehead atoms. The summed E-state index contributed by atoms with van der Waals surface area (Å²) in [6.45, 7) is 2.15. The van der Waals surface area contributed by atoms with Gasteiger partial charge in [0.1, 0.15) is 0 Å². The Labute approximate surface area is 122 Å². The number of hydrogen-bond acceptors (Lipinski definition) is 5. The molecule has 0 amide bonds. The Morgan fingerprint density at radius 1 is 1.38 bits per heavy atom. The van der Waals surface area contributed by atoms with Crippen molar-refractivity contribution < 1.29 is 13.7 Å². The van der Waals surface area contributed by atoms with Gasteiger partial charge in [0.25, 0.3) is 5.89 Å². The Bertz CT molecular complexity index is 636. The average Bonchev–Trinajstić information content (AvgIpc) is 3.11. The molecule has 2 aromatic rings. The molecule has 1 saturated carbocycles. The zero-order valence-corrected chi connectivity index (χ0v) is 11.9. The highest BCUT2D eigenvalue weighted by atomic mass is 19.1. The van der Waals surface area contributed by atoms with Crippen molar-refractivity contribution >= 4 is 0 Å². The van der Waals surface area contributed by atoms with Crippen LogP contribution >= 0.6 is 0 Å². The predicted octanol–water partition coefficient (Wildman–Crippen LogP) is 3.00. The van der Waals surface area contributed by atoms with Crippen LogP contribution in [0.4, 0.5) is 4.39 Å². The van der Waals surface area contributed by atoms with Crippen molar-refractivity contribution in [3.63, 3.8) is 0 Å². The number of rotatable bonds is 4. The van der Waals surface area contributed by atoms with Gasteiger partial charge in [0.2, 0.25) is 0 Å². The molecule has 3 rings (SSSR count). The highest BCUT2D eigenvalue weighted by molar-refractivity contribution is 5.63. The van der Waals surface area contributed by atoms with Gasteiger partial charge in [0.05, 0.1) is 17.7 Å². The minimum absolute atomic E-state index is 0.132. The van der Waals surface area contributed by atoms with Crippen molar-refractivity contribution in [3.8, 4) is 17.2 Å². The first-order valence-corrected chi connectivity index (χ1v) is 7.19. The molecule has 2 N–H and O–H groups in total. The number of para-hydroxylation sites is 1. The number of nitrogens with two attached hydrogens (primary N) is 1. The van der Waals surface area contributed by atoms with Crippen LogP contribution in [-0.2, 0) is 5.54 Å². The lowest BCUT2D eigenvalue weighted by atomic mass is 9.99. The zero-order valence-electron chi connectivity index (χ0n) is 11.9. The van der Waals surface area contributed by atoms with Crippen molar-refractivity contribution in [3.05, 3.63) is 29.8 Å². The minimum atomic E-state index is -0.527. The van der Waals surface area contributed by atoms with Gasteiger partial charge in [-0.15, -0.1) is 0 Å². The average molecular weight is 291 g/mol. The number of benzene rings is 1. The molecule has 1 heterocycles. The molecule has 21 heavy (non-hydrogen) atoms. The van der Waals surface area contributed by atoms with Gasteiger partial charge in [0, 0.05) is 0 Å². The largest absolute Gasteiger partial charge is 0.490 e. The monoisotopic (exact) mass is 291 g/mol. The van der Waals surface area contributed by atoms with Crippen molar-refractivity contribution in [1.82, 2.24) is 10.1 Å². The normalized spacial score (nSPS) is 17.1. The quantitative estimate of drug-likeness (QED) is 0.937. The molecule has 5 nitrogen and oxygen atoms in total. The Kier molecular flexibility index (Phi) is 3.63. The molecular weight excluding hydrogens is 273 g/mol. The van der Waals surface area contributed by atoms with E-state index in [2.05, 4.69) is 10.1 Å². The molecule has 1 fully saturated rings. The highest BCUT2D eigenvalue weighted by Crippen LogP contribution is 2.37. The summed E-state index contributed by atoms with van der Waals surface area (Å²) < 4.78 is 24.5. The molecule has 0 aliphatic heterocycles. The Morgan fingerprint density at radius 3 is 2.86 bits per heavy atom. The molecule has 0 saturated heterocycles. The zero-order chi connectivity index (χ0) is 14.9. The third-order valence-electron chi connectivity index (χ3n) is 3.85. The van der Waals surface area contributed by atoms with Crippen LogP contribution in [0.25, 0.3) is 11.5 Å². The smallest absolute Gasteiger partial charge is 0.261 e. The second-order valence-electron chi connectivity index (χ2n) is 5.34. The summed E-state index contributed by atoms with van der Waals surface area (Å²) in [5.41, 5.74) is 6.24. The Balaban J connectivity index is 1.98. The topological polar surface area (TPSA) is 74.2 Å². The van der Waals surface area contributed by atoms with Crippen LogP contribution in [0.15, 0.2) is 22.7 Å². The van der Waals surface area contributed by atoms with Gasteiger partial charge in [-0.1, -0.05) is 24.1 Å². The minimum Gasteiger partial charge on any atom is -0.490 e. The van der Waals surface area contributed by atoms with E-state index in [0.717, 1.165) is 25.7 Å². The maximum absolute atomic E-state index is 13.9. The summed E-state index contributed by atoms with van der Waals surface area (Å²) >= 11 is 0. The van der Waals surface area contributed by atoms with Gasteiger partial charge in [-0.25, -0.2) is 4.39 Å². The lowest BCUT2D eigenvalue weighted by Crippen LogP contribution is -2.34. The van der Waals surface area contributed by atoms with E-state index in [1.54, 1.807) is 19.1 Å². The molecule has 1 aliphatic carbocycles. The summed E-state index contributed by atoms with van der Waals surface area (Å²) in [5, 5.41) is 3.99. The summed E-state index contributed by atoms with van der Waals surface area (Å²) in [6.07, 6.45) is 3.80. The lowest BCUT2D eigenvalue weighted by molar-refractivity contribution is 0.320. The van der Waals surface area contributed by atoms with E-state index in [0.29, 0.717) is 18.0 Å². The van der Waals surface area contributed by atoms with Crippen LogP contribution in [0.1, 0.15) is 38.4 Å². The lowest BCUT2D eigenvalue weighted by Gasteiger charge is -2.17. The van der Waals surface area contributed by atoms with Gasteiger partial charge < -0.3 is 15.0 Å². The van der Waals surface area contributed by atoms with E-state index in [9.17, 15) is 4.39 Å². The fraction of sp³-hybridized carbons (Fsp3) is 0.467. The van der Waals surface area contributed by atoms with E-state index < -0.39 is 11.4 Å². The maximum Gasteiger partial charge on any atom is 0.261 e. The van der Waals surface area contributed by atoms with Crippen LogP contribution in [0, 0.1) is 5.82 Å². The van der Waals surface area contributed by atoms with Gasteiger partial charge in [-0.05, 0) is 31.9 Å². The van der Waals surface area contributed by atoms with E-state index in [4.69, 9.17) is 15.0 Å². The second-order valence-corrected chi connectivity index (χ2v) is 5.34. The number of ether oxygens (including phenoxy) is 1. The highest BCUT2D eigenvalue weighted by Gasteiger charge is 2.36. The van der Waals surface area contributed by atoms with Gasteiger partial charge in [-0.3, -0.25) is 0 Å². The standard InChI is InChI=1S/C15H18FN3O2/c1-2-20-12-10(6-5-7-11(12)16)13-18-14(19-21-13)15(17)8-3-4-9-15/h5-7H,2-4,8-9,17H2,1H3. The first-order chi connectivity index (χ1) is 10.1. The molecule has 1 aromatic carbocycles. The van der Waals surface area contributed by atoms with Gasteiger partial charge in [-0.2, -0.15) is 4.98 Å². The second kappa shape index (κ2) is 5.44. The number of hydrogen-bond donors (Lipinski definition) is 1. The first-order valence-electron chi connectivity index (χ1n) is 7.19. The number of aromatic nitrogens is 2. The number of nitrogens with zero attached hydrogens (tertiary/aromatic N) is 2. The Morgan fingerprint density at radius 2 is 2.14 bits per heavy atom. The molecule has 0 unspecified atom stereocenters. The fourth-order valence-corrected chi connectivity index (χ4v) is 2.73. The summed E-state index contributed by atoms with van der Waals surface area (Å²) in [5.74, 6) is 0.413. The van der Waals surface area contributed by atoms with Crippen molar-refractivity contribution in [2.45, 2.75) is 38.1 Å². The van der Waals surface area contributed by atoms with Crippen molar-refractivity contribution in [2.75, 3.05) is 6.61 Å². The van der Waals surface area contributed by atoms with E-state index >= 15 is 0 Å². The molecular formula is C15H18FN3O2. The third-order valence-corrected chi connectivity index (χ3v) is 3.85. The molecule has 112 valence electrons. The Hall–Kier alpha value is -1.95. The van der Waals surface area contributed by atoms with Crippen LogP contribution in [0.5, 0.6) is 5.75 Å². The van der Waals surface area contributed by atoms with Gasteiger partial charge in [0.15, 0.2) is 17.4 Å². The van der Waals surface area contributed by atoms with E-state index in [1.807, 2.05) is 0 Å². The summed E-state index contributed by atoms with van der Waals surface area (Å²) in [7, 11) is 0. The van der Waals surface area contributed by atoms with Gasteiger partial charge >= 0.3 is 0 Å². The maximum atomic E-state index is 13.9. The van der Waals surface area contributed by atoms with E-state index in [-0.39, 0.29) is 11.6 Å². The van der Waals surface area contributed by atoms with E-state index in [1.165, 1.54) is 6.07 Å². The molecule has 0 radical (unpaired) electrons. The first kappa shape index (κ1) is 14.0. The third kappa shape index (κ3) is 2.51. The molecule has 0 spiro atoms. The summed E-state index contributed by atoms with van der Waals surface area (Å²) in [4.78, 5) is 4.37. The van der Waals surface area contributed by atoms with Crippen LogP contribution < -0.4 is 10.5 Å². The predicted molar refractivity (Wildman–Crippen MR) is 75.2 cm³/mol.